The van der Waals surface area contributed by atoms with E-state index in [1.165, 1.54) is 19.3 Å². The summed E-state index contributed by atoms with van der Waals surface area (Å²) >= 11 is 0. The van der Waals surface area contributed by atoms with E-state index in [1.54, 1.807) is 0 Å². The molecule has 1 unspecified atom stereocenters. The Morgan fingerprint density at radius 2 is 1.93 bits per heavy atom. The van der Waals surface area contributed by atoms with Crippen LogP contribution in [-0.4, -0.2) is 69.7 Å². The molecule has 0 amide bonds. The minimum absolute atomic E-state index is 0. The van der Waals surface area contributed by atoms with Crippen molar-refractivity contribution in [3.05, 3.63) is 0 Å². The third-order valence-corrected chi connectivity index (χ3v) is 8.46. The third-order valence-electron chi connectivity index (χ3n) is 6.62. The minimum atomic E-state index is -2.84. The van der Waals surface area contributed by atoms with E-state index >= 15 is 0 Å². The summed E-state index contributed by atoms with van der Waals surface area (Å²) in [4.78, 5) is 7.32. The number of aliphatic imine (C=N–C) groups is 1. The summed E-state index contributed by atoms with van der Waals surface area (Å²) in [5, 5.41) is 3.68. The van der Waals surface area contributed by atoms with Gasteiger partial charge in [0.2, 0.25) is 0 Å². The fraction of sp³-hybridized carbons (Fsp3) is 0.947. The zero-order chi connectivity index (χ0) is 18.6. The van der Waals surface area contributed by atoms with Crippen molar-refractivity contribution in [2.24, 2.45) is 16.3 Å². The highest BCUT2D eigenvalue weighted by molar-refractivity contribution is 14.0. The lowest BCUT2D eigenvalue weighted by atomic mass is 9.82. The molecule has 27 heavy (non-hydrogen) atoms. The molecule has 8 heteroatoms. The quantitative estimate of drug-likeness (QED) is 0.348. The van der Waals surface area contributed by atoms with Crippen LogP contribution in [0, 0.1) is 11.3 Å². The molecule has 0 aromatic carbocycles. The first kappa shape index (κ1) is 23.2. The molecule has 0 aromatic rings. The van der Waals surface area contributed by atoms with E-state index < -0.39 is 9.84 Å². The van der Waals surface area contributed by atoms with Gasteiger partial charge in [-0.3, -0.25) is 4.99 Å². The van der Waals surface area contributed by atoms with E-state index in [2.05, 4.69) is 24.1 Å². The van der Waals surface area contributed by atoms with E-state index in [9.17, 15) is 8.42 Å². The Balaban J connectivity index is 0.00000261. The van der Waals surface area contributed by atoms with Gasteiger partial charge in [0.05, 0.1) is 11.5 Å². The molecule has 3 heterocycles. The summed E-state index contributed by atoms with van der Waals surface area (Å²) < 4.78 is 28.9. The maximum Gasteiger partial charge on any atom is 0.194 e. The molecule has 6 nitrogen and oxygen atoms in total. The van der Waals surface area contributed by atoms with Crippen molar-refractivity contribution in [3.8, 4) is 0 Å². The lowest BCUT2D eigenvalue weighted by Gasteiger charge is -2.31. The van der Waals surface area contributed by atoms with Crippen molar-refractivity contribution >= 4 is 39.8 Å². The van der Waals surface area contributed by atoms with Gasteiger partial charge in [0, 0.05) is 38.9 Å². The highest BCUT2D eigenvalue weighted by Gasteiger charge is 2.37. The van der Waals surface area contributed by atoms with Gasteiger partial charge in [-0.05, 0) is 49.9 Å². The van der Waals surface area contributed by atoms with Crippen LogP contribution in [0.1, 0.15) is 52.4 Å². The Bertz CT molecular complexity index is 601. The van der Waals surface area contributed by atoms with Crippen LogP contribution in [-0.2, 0) is 14.6 Å². The lowest BCUT2D eigenvalue weighted by molar-refractivity contribution is 0.0816. The predicted octanol–water partition coefficient (Wildman–Crippen LogP) is 2.68. The van der Waals surface area contributed by atoms with Crippen molar-refractivity contribution in [3.63, 3.8) is 0 Å². The smallest absolute Gasteiger partial charge is 0.194 e. The Kier molecular flexibility index (Phi) is 8.67. The number of ether oxygens (including phenoxy) is 1. The highest BCUT2D eigenvalue weighted by atomic mass is 127. The average Bonchev–Trinajstić information content (AvgIpc) is 3.23. The van der Waals surface area contributed by atoms with Crippen molar-refractivity contribution in [2.75, 3.05) is 44.4 Å². The number of likely N-dealkylation sites (tertiary alicyclic amines) is 1. The molecule has 3 saturated heterocycles. The summed E-state index contributed by atoms with van der Waals surface area (Å²) in [5.74, 6) is 1.80. The van der Waals surface area contributed by atoms with E-state index in [-0.39, 0.29) is 29.9 Å². The number of sulfone groups is 1. The molecule has 0 bridgehead atoms. The summed E-state index contributed by atoms with van der Waals surface area (Å²) in [7, 11) is -2.84. The van der Waals surface area contributed by atoms with Crippen LogP contribution in [0.25, 0.3) is 0 Å². The van der Waals surface area contributed by atoms with Crippen molar-refractivity contribution in [2.45, 2.75) is 58.4 Å². The highest BCUT2D eigenvalue weighted by Crippen LogP contribution is 2.37. The Hall–Kier alpha value is -0.0900. The first-order valence-corrected chi connectivity index (χ1v) is 12.1. The maximum atomic E-state index is 11.7. The zero-order valence-corrected chi connectivity index (χ0v) is 19.9. The summed E-state index contributed by atoms with van der Waals surface area (Å²) in [5.41, 5.74) is 0.398. The monoisotopic (exact) mass is 513 g/mol. The second-order valence-electron chi connectivity index (χ2n) is 8.34. The van der Waals surface area contributed by atoms with Gasteiger partial charge in [0.1, 0.15) is 0 Å². The number of halogens is 1. The second-order valence-corrected chi connectivity index (χ2v) is 10.6. The van der Waals surface area contributed by atoms with Crippen molar-refractivity contribution < 1.29 is 13.2 Å². The number of guanidine groups is 1. The zero-order valence-electron chi connectivity index (χ0n) is 16.8. The number of hydrogen-bond donors (Lipinski definition) is 1. The predicted molar refractivity (Wildman–Crippen MR) is 121 cm³/mol. The number of nitrogens with one attached hydrogen (secondary N) is 1. The van der Waals surface area contributed by atoms with Crippen LogP contribution in [0.15, 0.2) is 4.99 Å². The van der Waals surface area contributed by atoms with Crippen LogP contribution < -0.4 is 5.32 Å². The van der Waals surface area contributed by atoms with Crippen LogP contribution in [0.3, 0.4) is 0 Å². The van der Waals surface area contributed by atoms with Gasteiger partial charge < -0.3 is 15.0 Å². The maximum absolute atomic E-state index is 11.7. The summed E-state index contributed by atoms with van der Waals surface area (Å²) in [6, 6.07) is 0.410. The Labute approximate surface area is 181 Å². The first-order valence-electron chi connectivity index (χ1n) is 10.3. The van der Waals surface area contributed by atoms with Gasteiger partial charge in [-0.25, -0.2) is 8.42 Å². The van der Waals surface area contributed by atoms with Crippen LogP contribution in [0.4, 0.5) is 0 Å². The van der Waals surface area contributed by atoms with Gasteiger partial charge in [-0.1, -0.05) is 13.8 Å². The molecule has 3 aliphatic heterocycles. The molecular weight excluding hydrogens is 477 g/mol. The SMILES string of the molecule is CCC1(CC)CCN(C(=NCC2CCS(=O)(=O)C2)NC2CCOCC2)C1.I. The molecule has 158 valence electrons. The molecule has 1 N–H and O–H groups in total. The molecule has 1 atom stereocenters. The topological polar surface area (TPSA) is 71.0 Å². The normalized spacial score (nSPS) is 28.1. The van der Waals surface area contributed by atoms with Crippen LogP contribution in [0.2, 0.25) is 0 Å². The molecular formula is C19H36IN3O3S. The van der Waals surface area contributed by atoms with Gasteiger partial charge in [-0.15, -0.1) is 24.0 Å². The van der Waals surface area contributed by atoms with E-state index in [0.29, 0.717) is 29.5 Å². The van der Waals surface area contributed by atoms with Gasteiger partial charge in [0.15, 0.2) is 15.8 Å². The molecule has 0 spiro atoms. The second kappa shape index (κ2) is 10.1. The van der Waals surface area contributed by atoms with E-state index in [0.717, 1.165) is 51.5 Å². The van der Waals surface area contributed by atoms with Gasteiger partial charge in [0.25, 0.3) is 0 Å². The van der Waals surface area contributed by atoms with Crippen LogP contribution in [0.5, 0.6) is 0 Å². The third kappa shape index (κ3) is 6.19. The average molecular weight is 513 g/mol. The fourth-order valence-corrected chi connectivity index (χ4v) is 6.29. The van der Waals surface area contributed by atoms with Crippen LogP contribution >= 0.6 is 24.0 Å². The molecule has 0 saturated carbocycles. The molecule has 0 aromatic heterocycles. The largest absolute Gasteiger partial charge is 0.381 e. The molecule has 3 fully saturated rings. The minimum Gasteiger partial charge on any atom is -0.381 e. The molecule has 3 aliphatic rings. The fourth-order valence-electron chi connectivity index (χ4n) is 4.44. The summed E-state index contributed by atoms with van der Waals surface area (Å²) in [6.07, 6.45) is 6.39. The lowest BCUT2D eigenvalue weighted by Crippen LogP contribution is -2.47. The van der Waals surface area contributed by atoms with Gasteiger partial charge >= 0.3 is 0 Å². The molecule has 0 aliphatic carbocycles. The first-order chi connectivity index (χ1) is 12.5. The number of hydrogen-bond acceptors (Lipinski definition) is 4. The standard InChI is InChI=1S/C19H35N3O3S.HI/c1-3-19(4-2)8-9-22(15-19)18(21-17-5-10-25-11-6-17)20-13-16-7-12-26(23,24)14-16;/h16-17H,3-15H2,1-2H3,(H,20,21);1H. The van der Waals surface area contributed by atoms with Crippen molar-refractivity contribution in [1.29, 1.82) is 0 Å². The Morgan fingerprint density at radius 3 is 2.48 bits per heavy atom. The number of rotatable bonds is 5. The van der Waals surface area contributed by atoms with Crippen molar-refractivity contribution in [1.82, 2.24) is 10.2 Å². The van der Waals surface area contributed by atoms with E-state index in [4.69, 9.17) is 9.73 Å². The van der Waals surface area contributed by atoms with E-state index in [1.807, 2.05) is 0 Å². The Morgan fingerprint density at radius 1 is 1.22 bits per heavy atom. The summed E-state index contributed by atoms with van der Waals surface area (Å²) in [6.45, 7) is 8.90. The van der Waals surface area contributed by atoms with Gasteiger partial charge in [-0.2, -0.15) is 0 Å². The molecule has 0 radical (unpaired) electrons. The molecule has 3 rings (SSSR count). The number of nitrogens with zero attached hydrogens (tertiary/aromatic N) is 2.